The molecule has 3 aromatic rings. The van der Waals surface area contributed by atoms with Crippen LogP contribution < -0.4 is 0 Å². The van der Waals surface area contributed by atoms with Crippen molar-refractivity contribution in [3.63, 3.8) is 0 Å². The van der Waals surface area contributed by atoms with Gasteiger partial charge in [-0.05, 0) is 40.6 Å². The summed E-state index contributed by atoms with van der Waals surface area (Å²) in [4.78, 5) is 17.0. The highest BCUT2D eigenvalue weighted by atomic mass is 32.2. The second-order valence-electron chi connectivity index (χ2n) is 5.84. The van der Waals surface area contributed by atoms with E-state index < -0.39 is 16.0 Å². The van der Waals surface area contributed by atoms with Crippen molar-refractivity contribution >= 4 is 26.8 Å². The number of rotatable bonds is 6. The van der Waals surface area contributed by atoms with Crippen LogP contribution in [0, 0.1) is 0 Å². The molecule has 0 fully saturated rings. The maximum absolute atomic E-state index is 12.3. The summed E-state index contributed by atoms with van der Waals surface area (Å²) in [6.07, 6.45) is 0. The topological polar surface area (TPSA) is 72.9 Å². The van der Waals surface area contributed by atoms with Crippen LogP contribution in [0.25, 0.3) is 10.8 Å². The molecule has 6 nitrogen and oxygen atoms in total. The summed E-state index contributed by atoms with van der Waals surface area (Å²) in [6, 6.07) is 19.2. The fraction of sp³-hybridized carbons (Fsp3) is 0.150. The Morgan fingerprint density at radius 1 is 0.963 bits per heavy atom. The van der Waals surface area contributed by atoms with Gasteiger partial charge in [-0.2, -0.15) is 0 Å². The lowest BCUT2D eigenvalue weighted by molar-refractivity contribution is -0.0258. The van der Waals surface area contributed by atoms with E-state index >= 15 is 0 Å². The van der Waals surface area contributed by atoms with Gasteiger partial charge in [0.2, 0.25) is 0 Å². The maximum Gasteiger partial charge on any atom is 0.338 e. The zero-order chi connectivity index (χ0) is 19.4. The Morgan fingerprint density at radius 3 is 2.33 bits per heavy atom. The van der Waals surface area contributed by atoms with Crippen molar-refractivity contribution in [3.05, 3.63) is 77.9 Å². The van der Waals surface area contributed by atoms with Crippen LogP contribution in [-0.2, 0) is 26.2 Å². The molecule has 3 rings (SSSR count). The Bertz CT molecular complexity index is 1060. The van der Waals surface area contributed by atoms with Crippen molar-refractivity contribution in [3.8, 4) is 0 Å². The van der Waals surface area contributed by atoms with E-state index in [-0.39, 0.29) is 17.1 Å². The Balaban J connectivity index is 1.73. The van der Waals surface area contributed by atoms with Gasteiger partial charge in [0.05, 0.1) is 17.6 Å². The number of hydrogen-bond donors (Lipinski definition) is 0. The van der Waals surface area contributed by atoms with E-state index in [2.05, 4.69) is 0 Å². The molecule has 27 heavy (non-hydrogen) atoms. The van der Waals surface area contributed by atoms with Gasteiger partial charge in [0, 0.05) is 7.05 Å². The number of carbonyl (C=O) groups excluding carboxylic acids is 1. The number of sulfonamides is 1. The van der Waals surface area contributed by atoms with Gasteiger partial charge in [0.1, 0.15) is 6.61 Å². The van der Waals surface area contributed by atoms with E-state index in [9.17, 15) is 13.2 Å². The molecule has 0 aromatic heterocycles. The molecule has 0 heterocycles. The summed E-state index contributed by atoms with van der Waals surface area (Å²) >= 11 is 0. The number of hydrogen-bond acceptors (Lipinski definition) is 5. The lowest BCUT2D eigenvalue weighted by Gasteiger charge is -2.14. The number of carbonyl (C=O) groups is 1. The van der Waals surface area contributed by atoms with Gasteiger partial charge in [0.15, 0.2) is 0 Å². The Labute approximate surface area is 157 Å². The molecule has 0 bridgehead atoms. The molecule has 0 atom stereocenters. The molecule has 0 aliphatic rings. The van der Waals surface area contributed by atoms with E-state index in [1.807, 2.05) is 42.5 Å². The maximum atomic E-state index is 12.3. The third-order valence-corrected chi connectivity index (χ3v) is 5.92. The first-order valence-corrected chi connectivity index (χ1v) is 9.64. The third kappa shape index (κ3) is 4.00. The Hall–Kier alpha value is -2.74. The zero-order valence-electron chi connectivity index (χ0n) is 15.0. The van der Waals surface area contributed by atoms with E-state index in [0.29, 0.717) is 0 Å². The van der Waals surface area contributed by atoms with E-state index in [1.165, 1.54) is 38.4 Å². The molecule has 0 radical (unpaired) electrons. The first-order valence-electron chi connectivity index (χ1n) is 8.20. The summed E-state index contributed by atoms with van der Waals surface area (Å²) in [5.74, 6) is -0.521. The fourth-order valence-electron chi connectivity index (χ4n) is 2.65. The van der Waals surface area contributed by atoms with Crippen molar-refractivity contribution in [2.75, 3.05) is 14.2 Å². The monoisotopic (exact) mass is 385 g/mol. The predicted octanol–water partition coefficient (Wildman–Crippen LogP) is 3.38. The lowest BCUT2D eigenvalue weighted by atomic mass is 10.1. The molecule has 0 saturated heterocycles. The largest absolute Gasteiger partial charge is 0.457 e. The molecule has 0 aliphatic carbocycles. The van der Waals surface area contributed by atoms with Gasteiger partial charge in [-0.25, -0.2) is 13.2 Å². The van der Waals surface area contributed by atoms with Crippen LogP contribution in [0.15, 0.2) is 71.6 Å². The van der Waals surface area contributed by atoms with Crippen LogP contribution >= 0.6 is 0 Å². The first kappa shape index (κ1) is 19.0. The van der Waals surface area contributed by atoms with Gasteiger partial charge >= 0.3 is 5.97 Å². The summed E-state index contributed by atoms with van der Waals surface area (Å²) in [6.45, 7) is 0.132. The Kier molecular flexibility index (Phi) is 5.55. The molecule has 7 heteroatoms. The molecule has 0 spiro atoms. The van der Waals surface area contributed by atoms with Crippen LogP contribution in [0.2, 0.25) is 0 Å². The van der Waals surface area contributed by atoms with Gasteiger partial charge in [-0.1, -0.05) is 46.9 Å². The van der Waals surface area contributed by atoms with Gasteiger partial charge in [-0.3, -0.25) is 4.84 Å². The molecule has 0 N–H and O–H groups in total. The van der Waals surface area contributed by atoms with E-state index in [0.717, 1.165) is 20.8 Å². The highest BCUT2D eigenvalue weighted by Crippen LogP contribution is 2.20. The van der Waals surface area contributed by atoms with Crippen molar-refractivity contribution in [1.29, 1.82) is 0 Å². The molecule has 140 valence electrons. The average Bonchev–Trinajstić information content (AvgIpc) is 2.71. The third-order valence-electron chi connectivity index (χ3n) is 4.22. The van der Waals surface area contributed by atoms with Crippen LogP contribution in [0.4, 0.5) is 0 Å². The average molecular weight is 385 g/mol. The minimum Gasteiger partial charge on any atom is -0.457 e. The first-order chi connectivity index (χ1) is 12.9. The van der Waals surface area contributed by atoms with Crippen molar-refractivity contribution in [2.45, 2.75) is 11.5 Å². The lowest BCUT2D eigenvalue weighted by Crippen LogP contribution is -2.25. The summed E-state index contributed by atoms with van der Waals surface area (Å²) < 4.78 is 30.5. The van der Waals surface area contributed by atoms with E-state index in [4.69, 9.17) is 9.57 Å². The summed E-state index contributed by atoms with van der Waals surface area (Å²) in [5.41, 5.74) is 1.18. The fourth-order valence-corrected chi connectivity index (χ4v) is 3.63. The van der Waals surface area contributed by atoms with Crippen LogP contribution in [0.1, 0.15) is 15.9 Å². The minimum atomic E-state index is -3.75. The number of nitrogens with zero attached hydrogens (tertiary/aromatic N) is 1. The molecular weight excluding hydrogens is 366 g/mol. The molecule has 0 saturated carbocycles. The number of hydroxylamine groups is 1. The highest BCUT2D eigenvalue weighted by Gasteiger charge is 2.21. The predicted molar refractivity (Wildman–Crippen MR) is 101 cm³/mol. The number of esters is 1. The number of ether oxygens (including phenoxy) is 1. The molecular formula is C20H19NO5S. The SMILES string of the molecule is CON(C)S(=O)(=O)c1ccc(C(=O)OCc2cccc3ccccc23)cc1. The smallest absolute Gasteiger partial charge is 0.338 e. The van der Waals surface area contributed by atoms with Crippen molar-refractivity contribution in [2.24, 2.45) is 0 Å². The second kappa shape index (κ2) is 7.87. The zero-order valence-corrected chi connectivity index (χ0v) is 15.8. The molecule has 0 amide bonds. The highest BCUT2D eigenvalue weighted by molar-refractivity contribution is 7.89. The second-order valence-corrected chi connectivity index (χ2v) is 7.77. The molecule has 0 aliphatic heterocycles. The minimum absolute atomic E-state index is 0.0254. The summed E-state index contributed by atoms with van der Waals surface area (Å²) in [5, 5.41) is 2.10. The number of fused-ring (bicyclic) bond motifs is 1. The Morgan fingerprint density at radius 2 is 1.63 bits per heavy atom. The van der Waals surface area contributed by atoms with Gasteiger partial charge in [-0.15, -0.1) is 0 Å². The molecule has 3 aromatic carbocycles. The standard InChI is InChI=1S/C20H19NO5S/c1-21(25-2)27(23,24)18-12-10-16(11-13-18)20(22)26-14-17-8-5-7-15-6-3-4-9-19(15)17/h3-13H,14H2,1-2H3. The molecule has 0 unspecified atom stereocenters. The van der Waals surface area contributed by atoms with Crippen LogP contribution in [0.5, 0.6) is 0 Å². The van der Waals surface area contributed by atoms with Crippen molar-refractivity contribution in [1.82, 2.24) is 4.47 Å². The van der Waals surface area contributed by atoms with Crippen LogP contribution in [-0.4, -0.2) is 33.0 Å². The van der Waals surface area contributed by atoms with E-state index in [1.54, 1.807) is 0 Å². The van der Waals surface area contributed by atoms with Gasteiger partial charge < -0.3 is 4.74 Å². The van der Waals surface area contributed by atoms with Crippen LogP contribution in [0.3, 0.4) is 0 Å². The number of benzene rings is 3. The van der Waals surface area contributed by atoms with Gasteiger partial charge in [0.25, 0.3) is 10.0 Å². The summed E-state index contributed by atoms with van der Waals surface area (Å²) in [7, 11) is -1.20. The normalized spacial score (nSPS) is 11.7. The quantitative estimate of drug-likeness (QED) is 0.480. The van der Waals surface area contributed by atoms with Crippen molar-refractivity contribution < 1.29 is 22.8 Å².